The van der Waals surface area contributed by atoms with E-state index < -0.39 is 12.1 Å². The number of fused-ring (bicyclic) bond motifs is 1. The number of carbonyl (C=O) groups is 4. The molecule has 242 valence electrons. The zero-order valence-electron chi connectivity index (χ0n) is 28.0. The van der Waals surface area contributed by atoms with Crippen LogP contribution in [0.2, 0.25) is 0 Å². The standard InChI is InChI=1S/C24H30N2O4.C12H23NO/c1-15(2)22(25-24(29)30-4)23(28)26-10-9-20(14-26)21(27)13-17-6-8-18-11-16(3)5-7-19(18)12-17;1-5-9(2)11(4)12(14)13-8-6-7-10(13)3/h5-8,11-12,15,20,22H,9-10,13-14H2,1-4H3,(H,25,29);9-11H,5-8H2,1-4H3/t20-,22-;9-,10+,11-/m00/s1. The molecule has 1 N–H and O–H groups in total. The highest BCUT2D eigenvalue weighted by Crippen LogP contribution is 2.25. The predicted molar refractivity (Wildman–Crippen MR) is 175 cm³/mol. The molecule has 5 atom stereocenters. The van der Waals surface area contributed by atoms with E-state index in [4.69, 9.17) is 0 Å². The molecular weight excluding hydrogens is 554 g/mol. The minimum Gasteiger partial charge on any atom is -0.453 e. The summed E-state index contributed by atoms with van der Waals surface area (Å²) < 4.78 is 4.63. The van der Waals surface area contributed by atoms with E-state index in [1.807, 2.05) is 19.9 Å². The number of hydrogen-bond donors (Lipinski definition) is 1. The Labute approximate surface area is 263 Å². The van der Waals surface area contributed by atoms with Crippen molar-refractivity contribution < 1.29 is 23.9 Å². The number of ether oxygens (including phenoxy) is 1. The first-order valence-electron chi connectivity index (χ1n) is 16.3. The number of likely N-dealkylation sites (tertiary alicyclic amines) is 2. The van der Waals surface area contributed by atoms with Crippen LogP contribution >= 0.6 is 0 Å². The summed E-state index contributed by atoms with van der Waals surface area (Å²) >= 11 is 0. The Bertz CT molecular complexity index is 1310. The minimum atomic E-state index is -0.657. The van der Waals surface area contributed by atoms with Gasteiger partial charge in [0, 0.05) is 43.9 Å². The Kier molecular flexibility index (Phi) is 12.8. The number of methoxy groups -OCH3 is 1. The van der Waals surface area contributed by atoms with Crippen molar-refractivity contribution in [3.63, 3.8) is 0 Å². The number of ketones is 1. The largest absolute Gasteiger partial charge is 0.453 e. The molecule has 0 bridgehead atoms. The van der Waals surface area contributed by atoms with E-state index in [1.165, 1.54) is 30.9 Å². The van der Waals surface area contributed by atoms with Crippen LogP contribution in [0.25, 0.3) is 10.8 Å². The van der Waals surface area contributed by atoms with Gasteiger partial charge in [0.1, 0.15) is 11.8 Å². The summed E-state index contributed by atoms with van der Waals surface area (Å²) in [5.74, 6) is 0.812. The zero-order chi connectivity index (χ0) is 32.6. The molecule has 2 heterocycles. The molecular formula is C36H53N3O5. The van der Waals surface area contributed by atoms with Crippen LogP contribution in [0, 0.1) is 30.6 Å². The lowest BCUT2D eigenvalue weighted by Gasteiger charge is -2.27. The van der Waals surface area contributed by atoms with Gasteiger partial charge in [-0.1, -0.05) is 83.0 Å². The average molecular weight is 608 g/mol. The van der Waals surface area contributed by atoms with E-state index in [-0.39, 0.29) is 29.4 Å². The first-order chi connectivity index (χ1) is 20.9. The number of aryl methyl sites for hydroxylation is 1. The molecule has 2 aromatic carbocycles. The Hall–Kier alpha value is -3.42. The van der Waals surface area contributed by atoms with E-state index in [2.05, 4.69) is 79.9 Å². The molecule has 3 amide bonds. The monoisotopic (exact) mass is 607 g/mol. The summed E-state index contributed by atoms with van der Waals surface area (Å²) in [5.41, 5.74) is 2.21. The van der Waals surface area contributed by atoms with Crippen LogP contribution in [-0.4, -0.2) is 72.3 Å². The number of carbonyl (C=O) groups excluding carboxylic acids is 4. The smallest absolute Gasteiger partial charge is 0.407 e. The molecule has 0 unspecified atom stereocenters. The second kappa shape index (κ2) is 16.1. The van der Waals surface area contributed by atoms with Crippen LogP contribution in [0.5, 0.6) is 0 Å². The number of benzene rings is 2. The summed E-state index contributed by atoms with van der Waals surface area (Å²) in [6, 6.07) is 12.2. The molecule has 8 nitrogen and oxygen atoms in total. The second-order valence-electron chi connectivity index (χ2n) is 13.2. The van der Waals surface area contributed by atoms with Gasteiger partial charge in [-0.2, -0.15) is 0 Å². The van der Waals surface area contributed by atoms with E-state index in [1.54, 1.807) is 4.90 Å². The fourth-order valence-electron chi connectivity index (χ4n) is 6.11. The fourth-order valence-corrected chi connectivity index (χ4v) is 6.11. The summed E-state index contributed by atoms with van der Waals surface area (Å²) in [4.78, 5) is 53.2. The van der Waals surface area contributed by atoms with Gasteiger partial charge in [0.15, 0.2) is 0 Å². The molecule has 8 heteroatoms. The molecule has 0 aliphatic carbocycles. The first kappa shape index (κ1) is 35.1. The molecule has 2 aliphatic rings. The van der Waals surface area contributed by atoms with E-state index in [9.17, 15) is 19.2 Å². The van der Waals surface area contributed by atoms with Crippen molar-refractivity contribution in [2.45, 2.75) is 92.7 Å². The second-order valence-corrected chi connectivity index (χ2v) is 13.2. The number of hydrogen-bond acceptors (Lipinski definition) is 5. The van der Waals surface area contributed by atoms with Crippen LogP contribution in [0.4, 0.5) is 4.79 Å². The fraction of sp³-hybridized carbons (Fsp3) is 0.611. The molecule has 2 saturated heterocycles. The van der Waals surface area contributed by atoms with Crippen molar-refractivity contribution >= 4 is 34.5 Å². The van der Waals surface area contributed by atoms with Gasteiger partial charge >= 0.3 is 6.09 Å². The molecule has 0 radical (unpaired) electrons. The van der Waals surface area contributed by atoms with Gasteiger partial charge in [0.05, 0.1) is 7.11 Å². The topological polar surface area (TPSA) is 96.0 Å². The maximum Gasteiger partial charge on any atom is 0.407 e. The van der Waals surface area contributed by atoms with E-state index in [0.29, 0.717) is 43.8 Å². The van der Waals surface area contributed by atoms with Gasteiger partial charge in [-0.05, 0) is 61.3 Å². The van der Waals surface area contributed by atoms with Crippen molar-refractivity contribution in [2.24, 2.45) is 23.7 Å². The summed E-state index contributed by atoms with van der Waals surface area (Å²) in [5, 5.41) is 4.91. The third-order valence-corrected chi connectivity index (χ3v) is 9.51. The highest BCUT2D eigenvalue weighted by atomic mass is 16.5. The zero-order valence-corrected chi connectivity index (χ0v) is 28.0. The molecule has 2 aromatic rings. The van der Waals surface area contributed by atoms with Crippen LogP contribution in [0.15, 0.2) is 36.4 Å². The maximum atomic E-state index is 12.9. The number of alkyl carbamates (subject to hydrolysis) is 1. The van der Waals surface area contributed by atoms with Crippen molar-refractivity contribution in [1.29, 1.82) is 0 Å². The first-order valence-corrected chi connectivity index (χ1v) is 16.3. The Balaban J connectivity index is 0.000000317. The third kappa shape index (κ3) is 9.05. The Morgan fingerprint density at radius 1 is 0.955 bits per heavy atom. The lowest BCUT2D eigenvalue weighted by molar-refractivity contribution is -0.137. The van der Waals surface area contributed by atoms with Gasteiger partial charge in [0.2, 0.25) is 11.8 Å². The maximum absolute atomic E-state index is 12.9. The molecule has 2 aliphatic heterocycles. The quantitative estimate of drug-likeness (QED) is 0.368. The highest BCUT2D eigenvalue weighted by Gasteiger charge is 2.36. The van der Waals surface area contributed by atoms with Gasteiger partial charge < -0.3 is 19.9 Å². The minimum absolute atomic E-state index is 0.0763. The highest BCUT2D eigenvalue weighted by molar-refractivity contribution is 5.90. The predicted octanol–water partition coefficient (Wildman–Crippen LogP) is 6.17. The van der Waals surface area contributed by atoms with Gasteiger partial charge in [-0.15, -0.1) is 0 Å². The van der Waals surface area contributed by atoms with Crippen molar-refractivity contribution in [1.82, 2.24) is 15.1 Å². The van der Waals surface area contributed by atoms with Crippen molar-refractivity contribution in [2.75, 3.05) is 26.7 Å². The Morgan fingerprint density at radius 3 is 2.25 bits per heavy atom. The van der Waals surface area contributed by atoms with Gasteiger partial charge in [0.25, 0.3) is 0 Å². The van der Waals surface area contributed by atoms with Crippen molar-refractivity contribution in [3.05, 3.63) is 47.5 Å². The van der Waals surface area contributed by atoms with E-state index >= 15 is 0 Å². The van der Waals surface area contributed by atoms with E-state index in [0.717, 1.165) is 23.9 Å². The number of Topliss-reactive ketones (excluding diaryl/α,β-unsaturated/α-hetero) is 1. The third-order valence-electron chi connectivity index (χ3n) is 9.51. The van der Waals surface area contributed by atoms with Crippen LogP contribution < -0.4 is 5.32 Å². The SMILES string of the molecule is CC[C@H](C)[C@H](C)C(=O)N1CCC[C@H]1C.COC(=O)N[C@H](C(=O)N1CC[C@H](C(=O)Cc2ccc3cc(C)ccc3c2)C1)C(C)C. The number of nitrogens with one attached hydrogen (secondary N) is 1. The van der Waals surface area contributed by atoms with Gasteiger partial charge in [-0.25, -0.2) is 4.79 Å². The van der Waals surface area contributed by atoms with Crippen LogP contribution in [-0.2, 0) is 25.5 Å². The molecule has 0 saturated carbocycles. The summed E-state index contributed by atoms with van der Waals surface area (Å²) in [7, 11) is 1.27. The molecule has 44 heavy (non-hydrogen) atoms. The van der Waals surface area contributed by atoms with Gasteiger partial charge in [-0.3, -0.25) is 14.4 Å². The molecule has 2 fully saturated rings. The summed E-state index contributed by atoms with van der Waals surface area (Å²) in [6.07, 6.45) is 3.85. The number of rotatable bonds is 9. The normalized spacial score (nSPS) is 20.1. The summed E-state index contributed by atoms with van der Waals surface area (Å²) in [6.45, 7) is 16.3. The lowest BCUT2D eigenvalue weighted by atomic mass is 9.92. The molecule has 0 aromatic heterocycles. The Morgan fingerprint density at radius 2 is 1.64 bits per heavy atom. The lowest BCUT2D eigenvalue weighted by Crippen LogP contribution is -2.50. The van der Waals surface area contributed by atoms with Crippen LogP contribution in [0.3, 0.4) is 0 Å². The number of amides is 3. The average Bonchev–Trinajstić information content (AvgIpc) is 3.68. The number of nitrogens with zero attached hydrogens (tertiary/aromatic N) is 2. The van der Waals surface area contributed by atoms with Crippen molar-refractivity contribution in [3.8, 4) is 0 Å². The molecule has 4 rings (SSSR count). The molecule has 0 spiro atoms. The van der Waals surface area contributed by atoms with Crippen LogP contribution in [0.1, 0.15) is 78.4 Å².